The first-order chi connectivity index (χ1) is 11.4. The Morgan fingerprint density at radius 1 is 1.04 bits per heavy atom. The third-order valence-electron chi connectivity index (χ3n) is 3.85. The largest absolute Gasteiger partial charge is 0.368 e. The second-order valence-corrected chi connectivity index (χ2v) is 7.55. The first kappa shape index (κ1) is 17.1. The van der Waals surface area contributed by atoms with Crippen molar-refractivity contribution in [2.45, 2.75) is 4.90 Å². The summed E-state index contributed by atoms with van der Waals surface area (Å²) in [6.45, 7) is 0.932. The Morgan fingerprint density at radius 3 is 2.25 bits per heavy atom. The van der Waals surface area contributed by atoms with Crippen LogP contribution in [0.1, 0.15) is 0 Å². The Labute approximate surface area is 143 Å². The summed E-state index contributed by atoms with van der Waals surface area (Å²) in [4.78, 5) is 4.91. The van der Waals surface area contributed by atoms with Crippen LogP contribution in [0.3, 0.4) is 0 Å². The lowest BCUT2D eigenvalue weighted by molar-refractivity contribution is 0.378. The molecule has 0 aliphatic carbocycles. The number of nitrogens with zero attached hydrogens (tertiary/aromatic N) is 3. The summed E-state index contributed by atoms with van der Waals surface area (Å²) in [5, 5.41) is 0.467. The monoisotopic (exact) mass is 373 g/mol. The van der Waals surface area contributed by atoms with Crippen molar-refractivity contribution in [1.29, 1.82) is 0 Å². The van der Waals surface area contributed by atoms with Crippen molar-refractivity contribution < 1.29 is 17.2 Å². The molecule has 2 aromatic rings. The molecule has 0 bridgehead atoms. The van der Waals surface area contributed by atoms with E-state index in [1.54, 1.807) is 12.3 Å². The highest BCUT2D eigenvalue weighted by atomic mass is 35.5. The van der Waals surface area contributed by atoms with Crippen molar-refractivity contribution in [3.63, 3.8) is 0 Å². The van der Waals surface area contributed by atoms with Crippen molar-refractivity contribution >= 4 is 27.3 Å². The van der Waals surface area contributed by atoms with Gasteiger partial charge in [0.2, 0.25) is 10.0 Å². The minimum atomic E-state index is -4.23. The quantitative estimate of drug-likeness (QED) is 0.829. The van der Waals surface area contributed by atoms with Crippen LogP contribution in [0, 0.1) is 11.6 Å². The van der Waals surface area contributed by atoms with Gasteiger partial charge in [-0.15, -0.1) is 0 Å². The van der Waals surface area contributed by atoms with E-state index in [0.717, 1.165) is 28.2 Å². The van der Waals surface area contributed by atoms with Gasteiger partial charge in [0, 0.05) is 38.6 Å². The molecule has 0 N–H and O–H groups in total. The van der Waals surface area contributed by atoms with Crippen molar-refractivity contribution in [2.24, 2.45) is 0 Å². The van der Waals surface area contributed by atoms with Gasteiger partial charge in [0.15, 0.2) is 4.90 Å². The number of aromatic nitrogens is 1. The summed E-state index contributed by atoms with van der Waals surface area (Å²) in [7, 11) is -4.23. The number of hydrogen-bond donors (Lipinski definition) is 0. The molecule has 0 atom stereocenters. The van der Waals surface area contributed by atoms with E-state index in [1.807, 2.05) is 4.90 Å². The van der Waals surface area contributed by atoms with E-state index in [0.29, 0.717) is 18.1 Å². The van der Waals surface area contributed by atoms with Gasteiger partial charge < -0.3 is 4.90 Å². The molecule has 1 aromatic heterocycles. The SMILES string of the molecule is O=S(=O)(c1c(F)cccc1F)N1CCN(c2ccncc2Cl)CC1. The molecule has 128 valence electrons. The lowest BCUT2D eigenvalue weighted by Gasteiger charge is -2.35. The topological polar surface area (TPSA) is 53.5 Å². The number of piperazine rings is 1. The minimum absolute atomic E-state index is 0.106. The van der Waals surface area contributed by atoms with Crippen molar-refractivity contribution in [3.8, 4) is 0 Å². The zero-order chi connectivity index (χ0) is 17.3. The second-order valence-electron chi connectivity index (χ2n) is 5.27. The molecule has 3 rings (SSSR count). The molecular formula is C15H14ClF2N3O2S. The Balaban J connectivity index is 1.81. The molecule has 1 fully saturated rings. The molecule has 5 nitrogen and oxygen atoms in total. The highest BCUT2D eigenvalue weighted by molar-refractivity contribution is 7.89. The maximum absolute atomic E-state index is 13.8. The number of anilines is 1. The maximum Gasteiger partial charge on any atom is 0.249 e. The highest BCUT2D eigenvalue weighted by Crippen LogP contribution is 2.28. The van der Waals surface area contributed by atoms with Crippen LogP contribution in [0.15, 0.2) is 41.6 Å². The van der Waals surface area contributed by atoms with E-state index in [4.69, 9.17) is 11.6 Å². The van der Waals surface area contributed by atoms with Gasteiger partial charge in [0.05, 0.1) is 10.7 Å². The molecule has 2 heterocycles. The zero-order valence-corrected chi connectivity index (χ0v) is 14.1. The van der Waals surface area contributed by atoms with Gasteiger partial charge in [0.25, 0.3) is 0 Å². The lowest BCUT2D eigenvalue weighted by atomic mass is 10.3. The molecule has 1 aliphatic rings. The van der Waals surface area contributed by atoms with Gasteiger partial charge >= 0.3 is 0 Å². The number of pyridine rings is 1. The van der Waals surface area contributed by atoms with Crippen LogP contribution in [0.25, 0.3) is 0 Å². The smallest absolute Gasteiger partial charge is 0.249 e. The van der Waals surface area contributed by atoms with Crippen molar-refractivity contribution in [3.05, 3.63) is 53.3 Å². The fraction of sp³-hybridized carbons (Fsp3) is 0.267. The van der Waals surface area contributed by atoms with Crippen LogP contribution < -0.4 is 4.90 Å². The van der Waals surface area contributed by atoms with Crippen LogP contribution in [0.2, 0.25) is 5.02 Å². The van der Waals surface area contributed by atoms with E-state index >= 15 is 0 Å². The predicted octanol–water partition coefficient (Wildman–Crippen LogP) is 2.52. The average molecular weight is 374 g/mol. The summed E-state index contributed by atoms with van der Waals surface area (Å²) < 4.78 is 53.8. The standard InChI is InChI=1S/C15H14ClF2N3O2S/c16-11-10-19-5-4-14(11)20-6-8-21(9-7-20)24(22,23)15-12(17)2-1-3-13(15)18/h1-5,10H,6-9H2. The number of hydrogen-bond acceptors (Lipinski definition) is 4. The Morgan fingerprint density at radius 2 is 1.67 bits per heavy atom. The first-order valence-electron chi connectivity index (χ1n) is 7.20. The van der Waals surface area contributed by atoms with Crippen LogP contribution in [0.5, 0.6) is 0 Å². The summed E-state index contributed by atoms with van der Waals surface area (Å²) in [5.74, 6) is -2.18. The molecule has 1 aliphatic heterocycles. The van der Waals surface area contributed by atoms with Crippen LogP contribution in [-0.4, -0.2) is 43.9 Å². The number of halogens is 3. The first-order valence-corrected chi connectivity index (χ1v) is 9.01. The summed E-state index contributed by atoms with van der Waals surface area (Å²) in [6.07, 6.45) is 3.10. The van der Waals surface area contributed by atoms with E-state index in [2.05, 4.69) is 4.98 Å². The van der Waals surface area contributed by atoms with E-state index in [1.165, 1.54) is 6.20 Å². The summed E-state index contributed by atoms with van der Waals surface area (Å²) in [6, 6.07) is 4.74. The molecule has 0 amide bonds. The van der Waals surface area contributed by atoms with Crippen LogP contribution in [0.4, 0.5) is 14.5 Å². The zero-order valence-electron chi connectivity index (χ0n) is 12.5. The fourth-order valence-corrected chi connectivity index (χ4v) is 4.42. The molecule has 0 radical (unpaired) electrons. The van der Waals surface area contributed by atoms with Gasteiger partial charge in [-0.25, -0.2) is 17.2 Å². The third kappa shape index (κ3) is 3.09. The molecule has 9 heteroatoms. The Hall–Kier alpha value is -1.77. The van der Waals surface area contributed by atoms with E-state index < -0.39 is 26.6 Å². The fourth-order valence-electron chi connectivity index (χ4n) is 2.65. The highest BCUT2D eigenvalue weighted by Gasteiger charge is 2.33. The molecule has 0 saturated carbocycles. The second kappa shape index (κ2) is 6.62. The molecular weight excluding hydrogens is 360 g/mol. The predicted molar refractivity (Wildman–Crippen MR) is 86.6 cm³/mol. The van der Waals surface area contributed by atoms with Crippen LogP contribution in [-0.2, 0) is 10.0 Å². The molecule has 0 unspecified atom stereocenters. The van der Waals surface area contributed by atoms with Crippen molar-refractivity contribution in [1.82, 2.24) is 9.29 Å². The van der Waals surface area contributed by atoms with Gasteiger partial charge in [0.1, 0.15) is 11.6 Å². The van der Waals surface area contributed by atoms with Gasteiger partial charge in [-0.05, 0) is 18.2 Å². The van der Waals surface area contributed by atoms with Crippen LogP contribution >= 0.6 is 11.6 Å². The summed E-state index contributed by atoms with van der Waals surface area (Å²) in [5.41, 5.74) is 0.751. The normalized spacial score (nSPS) is 16.4. The maximum atomic E-state index is 13.8. The Kier molecular flexibility index (Phi) is 4.71. The number of benzene rings is 1. The number of rotatable bonds is 3. The Bertz CT molecular complexity index is 835. The lowest BCUT2D eigenvalue weighted by Crippen LogP contribution is -2.49. The van der Waals surface area contributed by atoms with E-state index in [9.17, 15) is 17.2 Å². The van der Waals surface area contributed by atoms with E-state index in [-0.39, 0.29) is 13.1 Å². The molecule has 1 saturated heterocycles. The van der Waals surface area contributed by atoms with Crippen molar-refractivity contribution in [2.75, 3.05) is 31.1 Å². The number of sulfonamides is 1. The van der Waals surface area contributed by atoms with Gasteiger partial charge in [-0.2, -0.15) is 4.31 Å². The molecule has 0 spiro atoms. The minimum Gasteiger partial charge on any atom is -0.368 e. The van der Waals surface area contributed by atoms with Gasteiger partial charge in [-0.1, -0.05) is 17.7 Å². The molecule has 1 aromatic carbocycles. The van der Waals surface area contributed by atoms with Gasteiger partial charge in [-0.3, -0.25) is 4.98 Å². The third-order valence-corrected chi connectivity index (χ3v) is 6.09. The average Bonchev–Trinajstić information content (AvgIpc) is 2.55. The summed E-state index contributed by atoms with van der Waals surface area (Å²) >= 11 is 6.09. The molecule has 24 heavy (non-hydrogen) atoms.